The normalized spacial score (nSPS) is 11.3. The van der Waals surface area contributed by atoms with Gasteiger partial charge in [0, 0.05) is 23.0 Å². The van der Waals surface area contributed by atoms with Gasteiger partial charge in [-0.15, -0.1) is 0 Å². The first-order valence-electron chi connectivity index (χ1n) is 10.9. The first-order valence-corrected chi connectivity index (χ1v) is 12.4. The summed E-state index contributed by atoms with van der Waals surface area (Å²) in [6.45, 7) is 2.12. The number of nitrogens with zero attached hydrogens (tertiary/aromatic N) is 4. The lowest BCUT2D eigenvalue weighted by atomic mass is 10.2. The zero-order valence-corrected chi connectivity index (χ0v) is 22.0. The number of ether oxygens (including phenoxy) is 1. The molecule has 11 heteroatoms. The van der Waals surface area contributed by atoms with E-state index in [0.717, 1.165) is 16.5 Å². The van der Waals surface area contributed by atoms with E-state index in [1.807, 2.05) is 13.0 Å². The lowest BCUT2D eigenvalue weighted by molar-refractivity contribution is -0.384. The molecule has 0 spiro atoms. The molecular formula is C25H19BrCl2N4O4. The average Bonchev–Trinajstić information content (AvgIpc) is 2.84. The molecule has 0 fully saturated rings. The molecule has 0 unspecified atom stereocenters. The minimum Gasteiger partial charge on any atom is -0.486 e. The van der Waals surface area contributed by atoms with Gasteiger partial charge in [-0.2, -0.15) is 9.78 Å². The Morgan fingerprint density at radius 1 is 1.14 bits per heavy atom. The first-order chi connectivity index (χ1) is 17.3. The van der Waals surface area contributed by atoms with Gasteiger partial charge in [-0.25, -0.2) is 4.98 Å². The van der Waals surface area contributed by atoms with E-state index in [1.54, 1.807) is 36.4 Å². The van der Waals surface area contributed by atoms with Gasteiger partial charge in [0.25, 0.3) is 11.2 Å². The minimum absolute atomic E-state index is 0.00564. The van der Waals surface area contributed by atoms with Crippen LogP contribution in [-0.2, 0) is 13.0 Å². The maximum atomic E-state index is 13.1. The summed E-state index contributed by atoms with van der Waals surface area (Å²) in [4.78, 5) is 28.1. The van der Waals surface area contributed by atoms with Crippen molar-refractivity contribution in [2.75, 3.05) is 0 Å². The van der Waals surface area contributed by atoms with Crippen molar-refractivity contribution in [2.24, 2.45) is 5.10 Å². The third kappa shape index (κ3) is 5.75. The van der Waals surface area contributed by atoms with E-state index in [2.05, 4.69) is 26.0 Å². The second kappa shape index (κ2) is 11.2. The van der Waals surface area contributed by atoms with Gasteiger partial charge in [-0.05, 0) is 60.0 Å². The molecule has 0 N–H and O–H groups in total. The molecule has 0 bridgehead atoms. The summed E-state index contributed by atoms with van der Waals surface area (Å²) in [6.07, 6.45) is 2.86. The molecule has 36 heavy (non-hydrogen) atoms. The van der Waals surface area contributed by atoms with Gasteiger partial charge in [-0.3, -0.25) is 14.9 Å². The summed E-state index contributed by atoms with van der Waals surface area (Å²) < 4.78 is 7.82. The molecule has 3 aromatic carbocycles. The number of nitro groups is 1. The molecule has 0 radical (unpaired) electrons. The van der Waals surface area contributed by atoms with E-state index in [4.69, 9.17) is 27.9 Å². The molecular weight excluding hydrogens is 571 g/mol. The van der Waals surface area contributed by atoms with Gasteiger partial charge in [-0.1, -0.05) is 46.1 Å². The third-order valence-corrected chi connectivity index (χ3v) is 6.28. The smallest absolute Gasteiger partial charge is 0.282 e. The fourth-order valence-corrected chi connectivity index (χ4v) is 4.46. The number of rotatable bonds is 8. The highest BCUT2D eigenvalue weighted by Gasteiger charge is 2.13. The second-order valence-corrected chi connectivity index (χ2v) is 9.56. The van der Waals surface area contributed by atoms with E-state index in [9.17, 15) is 14.9 Å². The van der Waals surface area contributed by atoms with Gasteiger partial charge < -0.3 is 4.74 Å². The average molecular weight is 590 g/mol. The zero-order valence-electron chi connectivity index (χ0n) is 19.0. The van der Waals surface area contributed by atoms with Crippen molar-refractivity contribution in [1.82, 2.24) is 9.66 Å². The second-order valence-electron chi connectivity index (χ2n) is 7.83. The number of nitro benzene ring substituents is 1. The predicted octanol–water partition coefficient (Wildman–Crippen LogP) is 6.79. The number of non-ortho nitro benzene ring substituents is 1. The summed E-state index contributed by atoms with van der Waals surface area (Å²) in [5, 5.41) is 16.2. The standard InChI is InChI=1S/C25H19BrCl2N4O4/c1-2-3-23-30-22-9-6-17(26)12-19(22)25(33)31(23)29-13-16-10-20(27)24(21(28)11-16)36-14-15-4-7-18(8-5-15)32(34)35/h4-13H,2-3,14H2,1H3. The van der Waals surface area contributed by atoms with E-state index in [0.29, 0.717) is 28.7 Å². The molecule has 1 aromatic heterocycles. The van der Waals surface area contributed by atoms with Crippen molar-refractivity contribution < 1.29 is 9.66 Å². The van der Waals surface area contributed by atoms with Crippen LogP contribution in [0.1, 0.15) is 30.3 Å². The van der Waals surface area contributed by atoms with Gasteiger partial charge in [0.1, 0.15) is 12.4 Å². The number of aromatic nitrogens is 2. The van der Waals surface area contributed by atoms with Gasteiger partial charge in [0.2, 0.25) is 0 Å². The summed E-state index contributed by atoms with van der Waals surface area (Å²) in [6, 6.07) is 14.6. The summed E-state index contributed by atoms with van der Waals surface area (Å²) in [7, 11) is 0. The van der Waals surface area contributed by atoms with E-state index in [-0.39, 0.29) is 33.6 Å². The Morgan fingerprint density at radius 2 is 1.83 bits per heavy atom. The first kappa shape index (κ1) is 25.8. The third-order valence-electron chi connectivity index (χ3n) is 5.22. The highest BCUT2D eigenvalue weighted by molar-refractivity contribution is 9.10. The Kier molecular flexibility index (Phi) is 8.03. The van der Waals surface area contributed by atoms with Crippen LogP contribution in [0.4, 0.5) is 5.69 Å². The van der Waals surface area contributed by atoms with Gasteiger partial charge in [0.05, 0.1) is 32.1 Å². The van der Waals surface area contributed by atoms with E-state index >= 15 is 0 Å². The Hall–Kier alpha value is -3.27. The molecule has 184 valence electrons. The summed E-state index contributed by atoms with van der Waals surface area (Å²) >= 11 is 16.2. The van der Waals surface area contributed by atoms with Gasteiger partial charge in [0.15, 0.2) is 5.75 Å². The zero-order chi connectivity index (χ0) is 25.8. The lowest BCUT2D eigenvalue weighted by Crippen LogP contribution is -2.22. The molecule has 1 heterocycles. The van der Waals surface area contributed by atoms with Crippen LogP contribution < -0.4 is 10.3 Å². The van der Waals surface area contributed by atoms with Crippen LogP contribution in [0, 0.1) is 10.1 Å². The number of aryl methyl sites for hydroxylation is 1. The highest BCUT2D eigenvalue weighted by atomic mass is 79.9. The molecule has 0 saturated carbocycles. The van der Waals surface area contributed by atoms with E-state index in [1.165, 1.54) is 23.0 Å². The Bertz CT molecular complexity index is 1520. The van der Waals surface area contributed by atoms with Crippen molar-refractivity contribution in [3.8, 4) is 5.75 Å². The fraction of sp³-hybridized carbons (Fsp3) is 0.160. The quantitative estimate of drug-likeness (QED) is 0.128. The van der Waals surface area contributed by atoms with Crippen molar-refractivity contribution in [2.45, 2.75) is 26.4 Å². The number of halogens is 3. The number of hydrogen-bond acceptors (Lipinski definition) is 6. The fourth-order valence-electron chi connectivity index (χ4n) is 3.48. The molecule has 0 amide bonds. The molecule has 4 aromatic rings. The Morgan fingerprint density at radius 3 is 2.47 bits per heavy atom. The Balaban J connectivity index is 1.60. The van der Waals surface area contributed by atoms with Crippen LogP contribution in [0.3, 0.4) is 0 Å². The SMILES string of the molecule is CCCc1nc2ccc(Br)cc2c(=O)n1N=Cc1cc(Cl)c(OCc2ccc([N+](=O)[O-])cc2)c(Cl)c1. The van der Waals surface area contributed by atoms with Crippen LogP contribution in [0.2, 0.25) is 10.0 Å². The van der Waals surface area contributed by atoms with Crippen molar-refractivity contribution >= 4 is 61.9 Å². The van der Waals surface area contributed by atoms with Crippen molar-refractivity contribution in [1.29, 1.82) is 0 Å². The van der Waals surface area contributed by atoms with Gasteiger partial charge >= 0.3 is 0 Å². The molecule has 0 saturated heterocycles. The molecule has 0 aliphatic heterocycles. The molecule has 0 aliphatic rings. The highest BCUT2D eigenvalue weighted by Crippen LogP contribution is 2.34. The number of hydrogen-bond donors (Lipinski definition) is 0. The predicted molar refractivity (Wildman–Crippen MR) is 145 cm³/mol. The van der Waals surface area contributed by atoms with Crippen LogP contribution in [-0.4, -0.2) is 20.8 Å². The summed E-state index contributed by atoms with van der Waals surface area (Å²) in [5.74, 6) is 0.823. The van der Waals surface area contributed by atoms with Crippen molar-refractivity contribution in [3.05, 3.63) is 107 Å². The van der Waals surface area contributed by atoms with Crippen LogP contribution in [0.25, 0.3) is 10.9 Å². The van der Waals surface area contributed by atoms with Crippen LogP contribution in [0.15, 0.2) is 69.0 Å². The summed E-state index contributed by atoms with van der Waals surface area (Å²) in [5.41, 5.74) is 1.61. The van der Waals surface area contributed by atoms with E-state index < -0.39 is 4.92 Å². The molecule has 8 nitrogen and oxygen atoms in total. The lowest BCUT2D eigenvalue weighted by Gasteiger charge is -2.11. The maximum absolute atomic E-state index is 13.1. The Labute approximate surface area is 224 Å². The molecule has 0 aliphatic carbocycles. The molecule has 0 atom stereocenters. The van der Waals surface area contributed by atoms with Crippen molar-refractivity contribution in [3.63, 3.8) is 0 Å². The molecule has 4 rings (SSSR count). The number of benzene rings is 3. The van der Waals surface area contributed by atoms with Crippen LogP contribution in [0.5, 0.6) is 5.75 Å². The largest absolute Gasteiger partial charge is 0.486 e. The minimum atomic E-state index is -0.467. The topological polar surface area (TPSA) is 99.6 Å². The maximum Gasteiger partial charge on any atom is 0.282 e. The van der Waals surface area contributed by atoms with Crippen LogP contribution >= 0.6 is 39.1 Å². The number of fused-ring (bicyclic) bond motifs is 1. The monoisotopic (exact) mass is 588 g/mol.